The van der Waals surface area contributed by atoms with Gasteiger partial charge in [0, 0.05) is 24.2 Å². The van der Waals surface area contributed by atoms with Crippen LogP contribution in [0.5, 0.6) is 0 Å². The topological polar surface area (TPSA) is 88.3 Å². The van der Waals surface area contributed by atoms with Crippen molar-refractivity contribution in [1.82, 2.24) is 10.2 Å². The fourth-order valence-corrected chi connectivity index (χ4v) is 2.92. The Kier molecular flexibility index (Phi) is 4.18. The smallest absolute Gasteiger partial charge is 0.322 e. The van der Waals surface area contributed by atoms with Gasteiger partial charge in [0.2, 0.25) is 17.7 Å². The van der Waals surface area contributed by atoms with E-state index >= 15 is 0 Å². The van der Waals surface area contributed by atoms with Gasteiger partial charge in [-0.15, -0.1) is 5.10 Å². The van der Waals surface area contributed by atoms with Gasteiger partial charge >= 0.3 is 6.01 Å². The van der Waals surface area contributed by atoms with Gasteiger partial charge in [-0.3, -0.25) is 14.9 Å². The van der Waals surface area contributed by atoms with Gasteiger partial charge in [0.05, 0.1) is 5.92 Å². The number of hydrogen-bond acceptors (Lipinski definition) is 5. The molecule has 2 aromatic carbocycles. The van der Waals surface area contributed by atoms with E-state index in [0.717, 1.165) is 11.3 Å². The molecule has 0 unspecified atom stereocenters. The molecule has 1 fully saturated rings. The van der Waals surface area contributed by atoms with Gasteiger partial charge in [0.25, 0.3) is 0 Å². The number of hydrogen-bond donors (Lipinski definition) is 1. The summed E-state index contributed by atoms with van der Waals surface area (Å²) in [5.74, 6) is -0.518. The first-order valence-corrected chi connectivity index (χ1v) is 8.26. The van der Waals surface area contributed by atoms with Crippen molar-refractivity contribution < 1.29 is 14.0 Å². The normalized spacial score (nSPS) is 16.7. The largest absolute Gasteiger partial charge is 0.403 e. The number of aromatic nitrogens is 2. The molecule has 130 valence electrons. The van der Waals surface area contributed by atoms with E-state index in [4.69, 9.17) is 4.42 Å². The minimum absolute atomic E-state index is 0.0273. The van der Waals surface area contributed by atoms with E-state index in [2.05, 4.69) is 15.5 Å². The number of anilines is 2. The predicted octanol–water partition coefficient (Wildman–Crippen LogP) is 2.73. The molecule has 1 aliphatic heterocycles. The van der Waals surface area contributed by atoms with E-state index in [1.165, 1.54) is 0 Å². The van der Waals surface area contributed by atoms with Gasteiger partial charge in [-0.05, 0) is 24.3 Å². The summed E-state index contributed by atoms with van der Waals surface area (Å²) in [6.45, 7) is 0.328. The zero-order valence-electron chi connectivity index (χ0n) is 13.8. The zero-order valence-corrected chi connectivity index (χ0v) is 13.8. The molecule has 0 bridgehead atoms. The maximum Gasteiger partial charge on any atom is 0.322 e. The van der Waals surface area contributed by atoms with Crippen LogP contribution in [0.25, 0.3) is 11.5 Å². The summed E-state index contributed by atoms with van der Waals surface area (Å²) in [7, 11) is 0. The quantitative estimate of drug-likeness (QED) is 0.783. The second-order valence-electron chi connectivity index (χ2n) is 6.01. The maximum atomic E-state index is 12.5. The molecule has 2 heterocycles. The van der Waals surface area contributed by atoms with E-state index in [0.29, 0.717) is 12.4 Å². The first kappa shape index (κ1) is 16.0. The Morgan fingerprint density at radius 3 is 2.46 bits per heavy atom. The Hall–Kier alpha value is -3.48. The number of para-hydroxylation sites is 1. The molecular formula is C19H16N4O3. The zero-order chi connectivity index (χ0) is 17.9. The predicted molar refractivity (Wildman–Crippen MR) is 95.3 cm³/mol. The third-order valence-corrected chi connectivity index (χ3v) is 4.24. The van der Waals surface area contributed by atoms with Gasteiger partial charge < -0.3 is 9.32 Å². The van der Waals surface area contributed by atoms with Crippen LogP contribution in [0.4, 0.5) is 11.7 Å². The average molecular weight is 348 g/mol. The molecule has 26 heavy (non-hydrogen) atoms. The molecule has 1 aliphatic rings. The van der Waals surface area contributed by atoms with Crippen LogP contribution >= 0.6 is 0 Å². The molecule has 3 aromatic rings. The van der Waals surface area contributed by atoms with Gasteiger partial charge in [0.1, 0.15) is 0 Å². The number of nitrogens with zero attached hydrogens (tertiary/aromatic N) is 3. The maximum absolute atomic E-state index is 12.5. The molecule has 0 aliphatic carbocycles. The number of benzene rings is 2. The highest BCUT2D eigenvalue weighted by Crippen LogP contribution is 2.26. The van der Waals surface area contributed by atoms with E-state index in [1.807, 2.05) is 60.7 Å². The number of carbonyl (C=O) groups excluding carboxylic acids is 2. The van der Waals surface area contributed by atoms with Crippen molar-refractivity contribution in [3.8, 4) is 11.5 Å². The van der Waals surface area contributed by atoms with Crippen LogP contribution in [-0.2, 0) is 9.59 Å². The van der Waals surface area contributed by atoms with E-state index in [1.54, 1.807) is 4.90 Å². The summed E-state index contributed by atoms with van der Waals surface area (Å²) in [4.78, 5) is 26.3. The lowest BCUT2D eigenvalue weighted by atomic mass is 10.1. The molecule has 0 radical (unpaired) electrons. The van der Waals surface area contributed by atoms with Crippen molar-refractivity contribution in [2.45, 2.75) is 6.42 Å². The van der Waals surface area contributed by atoms with Gasteiger partial charge in [-0.1, -0.05) is 41.5 Å². The first-order chi connectivity index (χ1) is 12.7. The van der Waals surface area contributed by atoms with E-state index < -0.39 is 5.92 Å². The summed E-state index contributed by atoms with van der Waals surface area (Å²) in [5, 5.41) is 10.4. The molecule has 1 aromatic heterocycles. The van der Waals surface area contributed by atoms with Crippen molar-refractivity contribution in [2.75, 3.05) is 16.8 Å². The molecule has 1 saturated heterocycles. The van der Waals surface area contributed by atoms with E-state index in [9.17, 15) is 9.59 Å². The lowest BCUT2D eigenvalue weighted by molar-refractivity contribution is -0.122. The third-order valence-electron chi connectivity index (χ3n) is 4.24. The Morgan fingerprint density at radius 1 is 1.04 bits per heavy atom. The van der Waals surface area contributed by atoms with Crippen LogP contribution in [0.1, 0.15) is 6.42 Å². The van der Waals surface area contributed by atoms with Crippen molar-refractivity contribution >= 4 is 23.5 Å². The lowest BCUT2D eigenvalue weighted by Crippen LogP contribution is -2.28. The van der Waals surface area contributed by atoms with Gasteiger partial charge in [0.15, 0.2) is 0 Å². The Balaban J connectivity index is 1.43. The van der Waals surface area contributed by atoms with Crippen molar-refractivity contribution in [3.63, 3.8) is 0 Å². The van der Waals surface area contributed by atoms with Gasteiger partial charge in [-0.25, -0.2) is 0 Å². The Morgan fingerprint density at radius 2 is 1.73 bits per heavy atom. The summed E-state index contributed by atoms with van der Waals surface area (Å²) < 4.78 is 5.49. The Labute approximate surface area is 149 Å². The molecular weight excluding hydrogens is 332 g/mol. The summed E-state index contributed by atoms with van der Waals surface area (Å²) in [6.07, 6.45) is 0.153. The van der Waals surface area contributed by atoms with Crippen LogP contribution < -0.4 is 10.2 Å². The molecule has 0 saturated carbocycles. The molecule has 7 heteroatoms. The minimum atomic E-state index is -0.463. The molecule has 4 rings (SSSR count). The third kappa shape index (κ3) is 3.19. The van der Waals surface area contributed by atoms with E-state index in [-0.39, 0.29) is 24.2 Å². The van der Waals surface area contributed by atoms with Crippen LogP contribution in [0.3, 0.4) is 0 Å². The lowest BCUT2D eigenvalue weighted by Gasteiger charge is -2.16. The highest BCUT2D eigenvalue weighted by Gasteiger charge is 2.35. The molecule has 0 spiro atoms. The second-order valence-corrected chi connectivity index (χ2v) is 6.01. The van der Waals surface area contributed by atoms with Crippen molar-refractivity contribution in [3.05, 3.63) is 60.7 Å². The average Bonchev–Trinajstić information content (AvgIpc) is 3.30. The second kappa shape index (κ2) is 6.79. The van der Waals surface area contributed by atoms with Crippen LogP contribution in [0.2, 0.25) is 0 Å². The standard InChI is InChI=1S/C19H16N4O3/c24-16-11-14(12-23(16)15-9-5-2-6-10-15)17(25)20-19-22-21-18(26-19)13-7-3-1-4-8-13/h1-10,14H,11-12H2,(H,20,22,25)/t14-/m0/s1. The minimum Gasteiger partial charge on any atom is -0.403 e. The van der Waals surface area contributed by atoms with Crippen molar-refractivity contribution in [1.29, 1.82) is 0 Å². The summed E-state index contributed by atoms with van der Waals surface area (Å²) in [6, 6.07) is 18.6. The van der Waals surface area contributed by atoms with Crippen LogP contribution in [0, 0.1) is 5.92 Å². The molecule has 1 N–H and O–H groups in total. The number of nitrogens with one attached hydrogen (secondary N) is 1. The van der Waals surface area contributed by atoms with Gasteiger partial charge in [-0.2, -0.15) is 0 Å². The molecule has 1 atom stereocenters. The molecule has 7 nitrogen and oxygen atoms in total. The highest BCUT2D eigenvalue weighted by atomic mass is 16.4. The number of carbonyl (C=O) groups is 2. The first-order valence-electron chi connectivity index (χ1n) is 8.26. The molecule has 2 amide bonds. The fourth-order valence-electron chi connectivity index (χ4n) is 2.92. The number of amides is 2. The monoisotopic (exact) mass is 348 g/mol. The highest BCUT2D eigenvalue weighted by molar-refractivity contribution is 6.02. The van der Waals surface area contributed by atoms with Crippen molar-refractivity contribution in [2.24, 2.45) is 5.92 Å². The number of rotatable bonds is 4. The SMILES string of the molecule is O=C(Nc1nnc(-c2ccccc2)o1)[C@H]1CC(=O)N(c2ccccc2)C1. The van der Waals surface area contributed by atoms with Crippen LogP contribution in [-0.4, -0.2) is 28.6 Å². The van der Waals surface area contributed by atoms with Crippen LogP contribution in [0.15, 0.2) is 65.1 Å². The summed E-state index contributed by atoms with van der Waals surface area (Å²) >= 11 is 0. The Bertz CT molecular complexity index is 924. The summed E-state index contributed by atoms with van der Waals surface area (Å²) in [5.41, 5.74) is 1.56. The fraction of sp³-hybridized carbons (Fsp3) is 0.158.